The molecule has 1 fully saturated rings. The van der Waals surface area contributed by atoms with Crippen molar-refractivity contribution in [3.8, 4) is 17.1 Å². The summed E-state index contributed by atoms with van der Waals surface area (Å²) in [5.74, 6) is 1.45. The molecular formula is C29H41N7O. The van der Waals surface area contributed by atoms with E-state index in [1.165, 1.54) is 0 Å². The lowest BCUT2D eigenvalue weighted by molar-refractivity contribution is 0.208. The number of nitrogens with two attached hydrogens (primary N) is 1. The third kappa shape index (κ3) is 7.16. The van der Waals surface area contributed by atoms with Crippen molar-refractivity contribution in [1.29, 1.82) is 0 Å². The maximum absolute atomic E-state index is 6.18. The normalized spacial score (nSPS) is 15.8. The number of nitrogen functional groups attached to an aromatic ring is 1. The highest BCUT2D eigenvalue weighted by atomic mass is 16.5. The summed E-state index contributed by atoms with van der Waals surface area (Å²) in [6.45, 7) is 18.5. The van der Waals surface area contributed by atoms with Gasteiger partial charge in [0.15, 0.2) is 0 Å². The van der Waals surface area contributed by atoms with Gasteiger partial charge in [-0.3, -0.25) is 0 Å². The van der Waals surface area contributed by atoms with Gasteiger partial charge in [0.25, 0.3) is 0 Å². The smallest absolute Gasteiger partial charge is 0.223 e. The van der Waals surface area contributed by atoms with Crippen LogP contribution in [0, 0.1) is 24.7 Å². The molecule has 0 aliphatic carbocycles. The summed E-state index contributed by atoms with van der Waals surface area (Å²) >= 11 is 0. The van der Waals surface area contributed by atoms with Crippen LogP contribution in [0.1, 0.15) is 58.0 Å². The fraction of sp³-hybridized carbons (Fsp3) is 0.517. The SMILES string of the molecule is Cc1cccc(C)c1-c1cc(OC[C@@H](CC(C)(C)C)NCc2ncc(N3CC(C)(C)C3)cn2)nc(N)n1. The molecule has 4 rings (SSSR count). The van der Waals surface area contributed by atoms with Crippen LogP contribution in [0.4, 0.5) is 11.6 Å². The lowest BCUT2D eigenvalue weighted by Gasteiger charge is -2.47. The molecule has 0 amide bonds. The number of benzene rings is 1. The average Bonchev–Trinajstić information content (AvgIpc) is 2.78. The van der Waals surface area contributed by atoms with E-state index in [9.17, 15) is 0 Å². The van der Waals surface area contributed by atoms with E-state index in [0.29, 0.717) is 24.4 Å². The Labute approximate surface area is 221 Å². The number of nitrogens with zero attached hydrogens (tertiary/aromatic N) is 5. The molecule has 37 heavy (non-hydrogen) atoms. The van der Waals surface area contributed by atoms with E-state index in [1.807, 2.05) is 24.5 Å². The second-order valence-electron chi connectivity index (χ2n) is 12.2. The first-order valence-corrected chi connectivity index (χ1v) is 13.0. The van der Waals surface area contributed by atoms with E-state index in [0.717, 1.165) is 53.4 Å². The number of rotatable bonds is 9. The van der Waals surface area contributed by atoms with Gasteiger partial charge in [0, 0.05) is 30.8 Å². The third-order valence-electron chi connectivity index (χ3n) is 6.59. The fourth-order valence-corrected chi connectivity index (χ4v) is 4.99. The van der Waals surface area contributed by atoms with E-state index in [-0.39, 0.29) is 17.4 Å². The first-order chi connectivity index (χ1) is 17.4. The highest BCUT2D eigenvalue weighted by Gasteiger charge is 2.34. The summed E-state index contributed by atoms with van der Waals surface area (Å²) in [6, 6.07) is 8.15. The van der Waals surface area contributed by atoms with Crippen molar-refractivity contribution < 1.29 is 4.74 Å². The number of anilines is 2. The van der Waals surface area contributed by atoms with Crippen molar-refractivity contribution in [2.24, 2.45) is 10.8 Å². The summed E-state index contributed by atoms with van der Waals surface area (Å²) in [6.07, 6.45) is 4.76. The van der Waals surface area contributed by atoms with E-state index in [1.54, 1.807) is 0 Å². The number of hydrogen-bond donors (Lipinski definition) is 2. The Balaban J connectivity index is 1.41. The maximum atomic E-state index is 6.18. The van der Waals surface area contributed by atoms with Gasteiger partial charge in [-0.1, -0.05) is 52.8 Å². The van der Waals surface area contributed by atoms with Crippen LogP contribution in [0.3, 0.4) is 0 Å². The lowest BCUT2D eigenvalue weighted by atomic mass is 9.84. The van der Waals surface area contributed by atoms with E-state index in [4.69, 9.17) is 10.5 Å². The van der Waals surface area contributed by atoms with Crippen molar-refractivity contribution in [2.75, 3.05) is 30.3 Å². The van der Waals surface area contributed by atoms with Gasteiger partial charge in [0.1, 0.15) is 12.4 Å². The molecule has 8 nitrogen and oxygen atoms in total. The molecule has 0 spiro atoms. The van der Waals surface area contributed by atoms with Crippen molar-refractivity contribution in [3.05, 3.63) is 53.6 Å². The van der Waals surface area contributed by atoms with Crippen LogP contribution in [0.2, 0.25) is 0 Å². The van der Waals surface area contributed by atoms with E-state index in [2.05, 4.69) is 90.8 Å². The fourth-order valence-electron chi connectivity index (χ4n) is 4.99. The molecule has 0 radical (unpaired) electrons. The molecule has 0 unspecified atom stereocenters. The largest absolute Gasteiger partial charge is 0.476 e. The molecule has 2 aromatic heterocycles. The topological polar surface area (TPSA) is 102 Å². The van der Waals surface area contributed by atoms with Crippen molar-refractivity contribution in [1.82, 2.24) is 25.3 Å². The monoisotopic (exact) mass is 503 g/mol. The van der Waals surface area contributed by atoms with Gasteiger partial charge < -0.3 is 20.7 Å². The highest BCUT2D eigenvalue weighted by molar-refractivity contribution is 5.68. The zero-order valence-corrected chi connectivity index (χ0v) is 23.3. The Bertz CT molecular complexity index is 1190. The third-order valence-corrected chi connectivity index (χ3v) is 6.59. The van der Waals surface area contributed by atoms with Gasteiger partial charge in [-0.05, 0) is 42.2 Å². The standard InChI is InChI=1S/C29H41N7O/c1-19-9-8-10-20(2)26(19)23-11-25(35-27(30)34-23)37-16-21(12-28(3,4)5)31-15-24-32-13-22(14-33-24)36-17-29(6,7)18-36/h8-11,13-14,21,31H,12,15-18H2,1-7H3,(H2,30,34,35)/t21-/m1/s1. The number of ether oxygens (including phenoxy) is 1. The molecule has 0 bridgehead atoms. The van der Waals surface area contributed by atoms with Gasteiger partial charge in [-0.2, -0.15) is 4.98 Å². The van der Waals surface area contributed by atoms with Gasteiger partial charge in [0.05, 0.1) is 30.3 Å². The number of hydrogen-bond acceptors (Lipinski definition) is 8. The minimum Gasteiger partial charge on any atom is -0.476 e. The Morgan fingerprint density at radius 1 is 1.08 bits per heavy atom. The predicted molar refractivity (Wildman–Crippen MR) is 150 cm³/mol. The highest BCUT2D eigenvalue weighted by Crippen LogP contribution is 2.32. The predicted octanol–water partition coefficient (Wildman–Crippen LogP) is 4.95. The van der Waals surface area contributed by atoms with Crippen LogP contribution in [-0.2, 0) is 6.54 Å². The first-order valence-electron chi connectivity index (χ1n) is 13.0. The molecule has 3 N–H and O–H groups in total. The van der Waals surface area contributed by atoms with Gasteiger partial charge in [0.2, 0.25) is 11.8 Å². The van der Waals surface area contributed by atoms with Crippen molar-refractivity contribution in [3.63, 3.8) is 0 Å². The number of aryl methyl sites for hydroxylation is 2. The van der Waals surface area contributed by atoms with Crippen molar-refractivity contribution >= 4 is 11.6 Å². The second-order valence-corrected chi connectivity index (χ2v) is 12.2. The van der Waals surface area contributed by atoms with Crippen molar-refractivity contribution in [2.45, 2.75) is 67.5 Å². The van der Waals surface area contributed by atoms with Crippen LogP contribution >= 0.6 is 0 Å². The Hall–Kier alpha value is -3.26. The molecule has 1 aliphatic heterocycles. The van der Waals surface area contributed by atoms with Gasteiger partial charge >= 0.3 is 0 Å². The van der Waals surface area contributed by atoms with Gasteiger partial charge in [-0.25, -0.2) is 15.0 Å². The Morgan fingerprint density at radius 3 is 2.32 bits per heavy atom. The molecule has 1 atom stereocenters. The van der Waals surface area contributed by atoms with Crippen LogP contribution in [0.25, 0.3) is 11.3 Å². The molecule has 198 valence electrons. The zero-order valence-electron chi connectivity index (χ0n) is 23.3. The summed E-state index contributed by atoms with van der Waals surface area (Å²) in [5.41, 5.74) is 11.7. The van der Waals surface area contributed by atoms with Crippen LogP contribution < -0.4 is 20.7 Å². The number of nitrogens with one attached hydrogen (secondary N) is 1. The Morgan fingerprint density at radius 2 is 1.73 bits per heavy atom. The van der Waals surface area contributed by atoms with Crippen LogP contribution in [-0.4, -0.2) is 45.7 Å². The number of aromatic nitrogens is 4. The Kier molecular flexibility index (Phi) is 7.69. The lowest BCUT2D eigenvalue weighted by Crippen LogP contribution is -2.53. The van der Waals surface area contributed by atoms with E-state index < -0.39 is 0 Å². The molecule has 1 aliphatic rings. The first kappa shape index (κ1) is 26.8. The summed E-state index contributed by atoms with van der Waals surface area (Å²) < 4.78 is 6.18. The van der Waals surface area contributed by atoms with Crippen LogP contribution in [0.5, 0.6) is 5.88 Å². The van der Waals surface area contributed by atoms with Gasteiger partial charge in [-0.15, -0.1) is 0 Å². The molecule has 1 saturated heterocycles. The second kappa shape index (κ2) is 10.6. The molecular weight excluding hydrogens is 462 g/mol. The van der Waals surface area contributed by atoms with E-state index >= 15 is 0 Å². The molecule has 1 aromatic carbocycles. The van der Waals surface area contributed by atoms with Crippen LogP contribution in [0.15, 0.2) is 36.7 Å². The molecule has 0 saturated carbocycles. The molecule has 8 heteroatoms. The summed E-state index contributed by atoms with van der Waals surface area (Å²) in [4.78, 5) is 20.3. The minimum absolute atomic E-state index is 0.0827. The minimum atomic E-state index is 0.0827. The summed E-state index contributed by atoms with van der Waals surface area (Å²) in [7, 11) is 0. The quantitative estimate of drug-likeness (QED) is 0.423. The maximum Gasteiger partial charge on any atom is 0.223 e. The summed E-state index contributed by atoms with van der Waals surface area (Å²) in [5, 5.41) is 3.59. The molecule has 3 aromatic rings. The average molecular weight is 504 g/mol. The molecule has 3 heterocycles. The zero-order chi connectivity index (χ0) is 26.8.